The lowest BCUT2D eigenvalue weighted by atomic mass is 10.2. The van der Waals surface area contributed by atoms with Crippen LogP contribution in [0.5, 0.6) is 11.6 Å². The number of hydrogen-bond donors (Lipinski definition) is 0. The molecule has 1 atom stereocenters. The maximum Gasteiger partial charge on any atom is 0.269 e. The van der Waals surface area contributed by atoms with Crippen LogP contribution in [-0.4, -0.2) is 31.0 Å². The van der Waals surface area contributed by atoms with Gasteiger partial charge < -0.3 is 9.47 Å². The summed E-state index contributed by atoms with van der Waals surface area (Å²) in [6, 6.07) is 5.80. The number of rotatable bonds is 4. The molecule has 0 radical (unpaired) electrons. The van der Waals surface area contributed by atoms with Crippen molar-refractivity contribution in [2.24, 2.45) is 0 Å². The maximum atomic E-state index is 10.7. The summed E-state index contributed by atoms with van der Waals surface area (Å²) in [7, 11) is 0. The summed E-state index contributed by atoms with van der Waals surface area (Å²) in [5, 5.41) is 10.7. The third kappa shape index (κ3) is 5.26. The number of fused-ring (bicyclic) bond motifs is 1. The summed E-state index contributed by atoms with van der Waals surface area (Å²) in [5.41, 5.74) is 1.16. The van der Waals surface area contributed by atoms with Crippen LogP contribution in [-0.2, 0) is 4.74 Å². The Balaban J connectivity index is 0.000000707. The molecular formula is C20H27N5O4. The Morgan fingerprint density at radius 2 is 1.83 bits per heavy atom. The van der Waals surface area contributed by atoms with Gasteiger partial charge in [0.2, 0.25) is 0 Å². The molecule has 156 valence electrons. The molecule has 3 heterocycles. The number of imidazole rings is 1. The normalized spacial score (nSPS) is 15.5. The summed E-state index contributed by atoms with van der Waals surface area (Å²) in [5.74, 6) is 0.738. The first-order chi connectivity index (χ1) is 14.2. The molecular weight excluding hydrogens is 374 g/mol. The van der Waals surface area contributed by atoms with E-state index in [9.17, 15) is 10.1 Å². The maximum absolute atomic E-state index is 10.7. The second kappa shape index (κ2) is 11.1. The molecule has 1 aromatic carbocycles. The minimum atomic E-state index is -0.460. The van der Waals surface area contributed by atoms with Gasteiger partial charge in [-0.2, -0.15) is 4.98 Å². The van der Waals surface area contributed by atoms with Gasteiger partial charge in [-0.1, -0.05) is 27.7 Å². The van der Waals surface area contributed by atoms with E-state index in [4.69, 9.17) is 9.47 Å². The van der Waals surface area contributed by atoms with Gasteiger partial charge in [0.25, 0.3) is 11.6 Å². The molecule has 1 unspecified atom stereocenters. The van der Waals surface area contributed by atoms with Crippen LogP contribution in [0, 0.1) is 10.1 Å². The van der Waals surface area contributed by atoms with E-state index in [1.807, 2.05) is 32.3 Å². The lowest BCUT2D eigenvalue weighted by Gasteiger charge is -2.23. The van der Waals surface area contributed by atoms with E-state index < -0.39 is 4.92 Å². The number of non-ortho nitro benzene ring substituents is 1. The van der Waals surface area contributed by atoms with Crippen LogP contribution in [0.3, 0.4) is 0 Å². The van der Waals surface area contributed by atoms with Gasteiger partial charge in [-0.3, -0.25) is 14.7 Å². The topological polar surface area (TPSA) is 105 Å². The Morgan fingerprint density at radius 3 is 2.45 bits per heavy atom. The van der Waals surface area contributed by atoms with Crippen molar-refractivity contribution in [2.75, 3.05) is 6.61 Å². The Labute approximate surface area is 169 Å². The highest BCUT2D eigenvalue weighted by atomic mass is 16.6. The predicted molar refractivity (Wildman–Crippen MR) is 110 cm³/mol. The van der Waals surface area contributed by atoms with Crippen molar-refractivity contribution >= 4 is 16.9 Å². The number of benzene rings is 1. The summed E-state index contributed by atoms with van der Waals surface area (Å²) in [4.78, 5) is 23.0. The van der Waals surface area contributed by atoms with Crippen molar-refractivity contribution in [2.45, 2.75) is 53.2 Å². The van der Waals surface area contributed by atoms with Crippen LogP contribution in [0.15, 0.2) is 36.9 Å². The molecule has 9 heteroatoms. The highest BCUT2D eigenvalue weighted by molar-refractivity contribution is 5.76. The minimum absolute atomic E-state index is 0.00101. The van der Waals surface area contributed by atoms with E-state index in [1.165, 1.54) is 30.6 Å². The van der Waals surface area contributed by atoms with Crippen molar-refractivity contribution < 1.29 is 14.4 Å². The SMILES string of the molecule is CC.CC.O=[N+]([O-])c1ccc(Oc2ncnc3c2ncn3C2CCCCO2)cc1. The number of aromatic nitrogens is 4. The largest absolute Gasteiger partial charge is 0.437 e. The highest BCUT2D eigenvalue weighted by Gasteiger charge is 2.20. The smallest absolute Gasteiger partial charge is 0.269 e. The second-order valence-corrected chi connectivity index (χ2v) is 5.68. The summed E-state index contributed by atoms with van der Waals surface area (Å²) >= 11 is 0. The zero-order chi connectivity index (χ0) is 21.2. The van der Waals surface area contributed by atoms with Crippen LogP contribution < -0.4 is 4.74 Å². The molecule has 1 saturated heterocycles. The van der Waals surface area contributed by atoms with Crippen LogP contribution in [0.25, 0.3) is 11.2 Å². The van der Waals surface area contributed by atoms with Crippen LogP contribution in [0.2, 0.25) is 0 Å². The molecule has 0 spiro atoms. The summed E-state index contributed by atoms with van der Waals surface area (Å²) in [6.45, 7) is 8.72. The van der Waals surface area contributed by atoms with E-state index in [-0.39, 0.29) is 11.9 Å². The molecule has 3 aromatic rings. The van der Waals surface area contributed by atoms with Gasteiger partial charge in [0.1, 0.15) is 18.3 Å². The van der Waals surface area contributed by atoms with Gasteiger partial charge in [-0.25, -0.2) is 9.97 Å². The molecule has 4 rings (SSSR count). The van der Waals surface area contributed by atoms with Gasteiger partial charge in [0.05, 0.1) is 11.3 Å². The molecule has 2 aromatic heterocycles. The molecule has 1 aliphatic heterocycles. The van der Waals surface area contributed by atoms with Crippen molar-refractivity contribution in [1.29, 1.82) is 0 Å². The van der Waals surface area contributed by atoms with E-state index in [0.717, 1.165) is 25.9 Å². The Morgan fingerprint density at radius 1 is 1.10 bits per heavy atom. The fraction of sp³-hybridized carbons (Fsp3) is 0.450. The quantitative estimate of drug-likeness (QED) is 0.432. The molecule has 0 amide bonds. The Bertz CT molecular complexity index is 905. The lowest BCUT2D eigenvalue weighted by Crippen LogP contribution is -2.17. The van der Waals surface area contributed by atoms with E-state index in [1.54, 1.807) is 6.33 Å². The first kappa shape index (κ1) is 22.2. The fourth-order valence-corrected chi connectivity index (χ4v) is 2.81. The zero-order valence-electron chi connectivity index (χ0n) is 17.2. The van der Waals surface area contributed by atoms with Gasteiger partial charge >= 0.3 is 0 Å². The van der Waals surface area contributed by atoms with Crippen LogP contribution in [0.4, 0.5) is 5.69 Å². The van der Waals surface area contributed by atoms with E-state index >= 15 is 0 Å². The predicted octanol–water partition coefficient (Wildman–Crippen LogP) is 5.28. The fourth-order valence-electron chi connectivity index (χ4n) is 2.81. The van der Waals surface area contributed by atoms with Gasteiger partial charge in [-0.05, 0) is 31.4 Å². The third-order valence-corrected chi connectivity index (χ3v) is 4.05. The van der Waals surface area contributed by atoms with Crippen molar-refractivity contribution in [1.82, 2.24) is 19.5 Å². The summed E-state index contributed by atoms with van der Waals surface area (Å²) < 4.78 is 13.4. The number of nitro groups is 1. The Hall–Kier alpha value is -3.07. The molecule has 0 saturated carbocycles. The standard InChI is InChI=1S/C16H15N5O4.2C2H6/c22-21(23)11-4-6-12(7-5-11)25-16-14-15(17-9-18-16)20(10-19-14)13-3-1-2-8-24-13;2*1-2/h4-7,9-10,13H,1-3,8H2;2*1-2H3. The summed E-state index contributed by atoms with van der Waals surface area (Å²) in [6.07, 6.45) is 6.07. The second-order valence-electron chi connectivity index (χ2n) is 5.68. The number of nitrogens with zero attached hydrogens (tertiary/aromatic N) is 5. The Kier molecular flexibility index (Phi) is 8.47. The molecule has 29 heavy (non-hydrogen) atoms. The first-order valence-corrected chi connectivity index (χ1v) is 9.94. The third-order valence-electron chi connectivity index (χ3n) is 4.05. The minimum Gasteiger partial charge on any atom is -0.437 e. The lowest BCUT2D eigenvalue weighted by molar-refractivity contribution is -0.384. The molecule has 0 N–H and O–H groups in total. The van der Waals surface area contributed by atoms with Gasteiger partial charge in [0, 0.05) is 18.7 Å². The highest BCUT2D eigenvalue weighted by Crippen LogP contribution is 2.30. The molecule has 1 aliphatic rings. The monoisotopic (exact) mass is 401 g/mol. The van der Waals surface area contributed by atoms with Gasteiger partial charge in [-0.15, -0.1) is 0 Å². The van der Waals surface area contributed by atoms with E-state index in [2.05, 4.69) is 15.0 Å². The van der Waals surface area contributed by atoms with Crippen LogP contribution >= 0.6 is 0 Å². The first-order valence-electron chi connectivity index (χ1n) is 9.94. The number of hydrogen-bond acceptors (Lipinski definition) is 7. The van der Waals surface area contributed by atoms with Crippen molar-refractivity contribution in [3.63, 3.8) is 0 Å². The zero-order valence-corrected chi connectivity index (χ0v) is 17.2. The molecule has 0 bridgehead atoms. The van der Waals surface area contributed by atoms with Crippen molar-refractivity contribution in [3.05, 3.63) is 47.0 Å². The van der Waals surface area contributed by atoms with E-state index in [0.29, 0.717) is 22.8 Å². The average molecular weight is 401 g/mol. The van der Waals surface area contributed by atoms with Crippen LogP contribution in [0.1, 0.15) is 53.2 Å². The van der Waals surface area contributed by atoms with Gasteiger partial charge in [0.15, 0.2) is 11.2 Å². The van der Waals surface area contributed by atoms with Crippen molar-refractivity contribution in [3.8, 4) is 11.6 Å². The number of ether oxygens (including phenoxy) is 2. The molecule has 0 aliphatic carbocycles. The average Bonchev–Trinajstić information content (AvgIpc) is 3.23. The number of nitro benzene ring substituents is 1. The molecule has 9 nitrogen and oxygen atoms in total. The molecule has 1 fully saturated rings.